The van der Waals surface area contributed by atoms with Crippen LogP contribution in [0.3, 0.4) is 0 Å². The van der Waals surface area contributed by atoms with Crippen LogP contribution in [0.25, 0.3) is 0 Å². The number of carbonyl (C=O) groups excluding carboxylic acids is 1. The van der Waals surface area contributed by atoms with Crippen LogP contribution >= 0.6 is 0 Å². The molecule has 0 heterocycles. The predicted molar refractivity (Wildman–Crippen MR) is 71.8 cm³/mol. The van der Waals surface area contributed by atoms with Gasteiger partial charge in [0.15, 0.2) is 0 Å². The molecule has 0 amide bonds. The number of fused-ring (bicyclic) bond motifs is 1. The Labute approximate surface area is 106 Å². The van der Waals surface area contributed by atoms with Gasteiger partial charge in [-0.2, -0.15) is 0 Å². The highest BCUT2D eigenvalue weighted by atomic mass is 16.1. The van der Waals surface area contributed by atoms with E-state index in [9.17, 15) is 4.79 Å². The zero-order valence-corrected chi connectivity index (χ0v) is 12.0. The van der Waals surface area contributed by atoms with Crippen molar-refractivity contribution in [1.82, 2.24) is 0 Å². The van der Waals surface area contributed by atoms with Crippen molar-refractivity contribution in [2.24, 2.45) is 29.1 Å². The second kappa shape index (κ2) is 4.74. The summed E-state index contributed by atoms with van der Waals surface area (Å²) < 4.78 is 0. The van der Waals surface area contributed by atoms with E-state index in [-0.39, 0.29) is 0 Å². The second-order valence-electron chi connectivity index (χ2n) is 7.17. The predicted octanol–water partition coefficient (Wildman–Crippen LogP) is 4.45. The molecule has 0 aromatic heterocycles. The minimum atomic E-state index is 0.337. The SMILES string of the molecule is CC(C)C[C@H](C)C1CCC2C(=O)CCC[C@@]21C. The summed E-state index contributed by atoms with van der Waals surface area (Å²) in [6.07, 6.45) is 7.06. The Balaban J connectivity index is 2.12. The summed E-state index contributed by atoms with van der Waals surface area (Å²) in [5.74, 6) is 3.33. The average molecular weight is 236 g/mol. The quantitative estimate of drug-likeness (QED) is 0.707. The van der Waals surface area contributed by atoms with Gasteiger partial charge >= 0.3 is 0 Å². The standard InChI is InChI=1S/C16H28O/c1-11(2)10-12(3)13-7-8-14-15(17)6-5-9-16(13,14)4/h11-14H,5-10H2,1-4H3/t12-,13?,14?,16+/m0/s1. The van der Waals surface area contributed by atoms with Crippen molar-refractivity contribution in [3.05, 3.63) is 0 Å². The Morgan fingerprint density at radius 2 is 2.00 bits per heavy atom. The zero-order valence-electron chi connectivity index (χ0n) is 12.0. The van der Waals surface area contributed by atoms with Gasteiger partial charge in [0.1, 0.15) is 5.78 Å². The van der Waals surface area contributed by atoms with Crippen molar-refractivity contribution < 1.29 is 4.79 Å². The Morgan fingerprint density at radius 3 is 2.65 bits per heavy atom. The molecule has 0 radical (unpaired) electrons. The molecule has 4 atom stereocenters. The zero-order chi connectivity index (χ0) is 12.6. The molecule has 1 heteroatoms. The fraction of sp³-hybridized carbons (Fsp3) is 0.938. The largest absolute Gasteiger partial charge is 0.299 e. The summed E-state index contributed by atoms with van der Waals surface area (Å²) in [6.45, 7) is 9.45. The van der Waals surface area contributed by atoms with Gasteiger partial charge < -0.3 is 0 Å². The first-order valence-electron chi connectivity index (χ1n) is 7.48. The first kappa shape index (κ1) is 13.1. The number of hydrogen-bond acceptors (Lipinski definition) is 1. The number of hydrogen-bond donors (Lipinski definition) is 0. The highest BCUT2D eigenvalue weighted by Crippen LogP contribution is 2.57. The molecule has 0 N–H and O–H groups in total. The maximum absolute atomic E-state index is 12.1. The van der Waals surface area contributed by atoms with Gasteiger partial charge in [0.25, 0.3) is 0 Å². The summed E-state index contributed by atoms with van der Waals surface area (Å²) in [4.78, 5) is 12.1. The molecule has 2 aliphatic rings. The molecule has 1 nitrogen and oxygen atoms in total. The van der Waals surface area contributed by atoms with Gasteiger partial charge in [-0.05, 0) is 55.3 Å². The van der Waals surface area contributed by atoms with E-state index in [0.29, 0.717) is 17.1 Å². The monoisotopic (exact) mass is 236 g/mol. The van der Waals surface area contributed by atoms with E-state index in [2.05, 4.69) is 27.7 Å². The summed E-state index contributed by atoms with van der Waals surface area (Å²) in [6, 6.07) is 0. The maximum Gasteiger partial charge on any atom is 0.136 e. The van der Waals surface area contributed by atoms with Gasteiger partial charge in [0, 0.05) is 12.3 Å². The first-order chi connectivity index (χ1) is 7.95. The van der Waals surface area contributed by atoms with Crippen molar-refractivity contribution in [3.8, 4) is 0 Å². The molecule has 2 saturated carbocycles. The van der Waals surface area contributed by atoms with Crippen molar-refractivity contribution in [3.63, 3.8) is 0 Å². The fourth-order valence-electron chi connectivity index (χ4n) is 4.81. The number of carbonyl (C=O) groups is 1. The van der Waals surface area contributed by atoms with Gasteiger partial charge in [0.05, 0.1) is 0 Å². The summed E-state index contributed by atoms with van der Waals surface area (Å²) in [7, 11) is 0. The minimum Gasteiger partial charge on any atom is -0.299 e. The van der Waals surface area contributed by atoms with Crippen LogP contribution in [0, 0.1) is 29.1 Å². The molecule has 2 unspecified atom stereocenters. The molecule has 2 aliphatic carbocycles. The van der Waals surface area contributed by atoms with Crippen LogP contribution in [-0.2, 0) is 4.79 Å². The van der Waals surface area contributed by atoms with E-state index in [0.717, 1.165) is 30.6 Å². The van der Waals surface area contributed by atoms with Gasteiger partial charge in [-0.25, -0.2) is 0 Å². The van der Waals surface area contributed by atoms with Crippen molar-refractivity contribution in [2.75, 3.05) is 0 Å². The lowest BCUT2D eigenvalue weighted by Crippen LogP contribution is -2.39. The molecule has 0 saturated heterocycles. The molecule has 17 heavy (non-hydrogen) atoms. The highest BCUT2D eigenvalue weighted by Gasteiger charge is 2.52. The molecule has 0 aliphatic heterocycles. The van der Waals surface area contributed by atoms with E-state index in [1.807, 2.05) is 0 Å². The smallest absolute Gasteiger partial charge is 0.136 e. The Morgan fingerprint density at radius 1 is 1.29 bits per heavy atom. The number of ketones is 1. The molecule has 2 rings (SSSR count). The molecule has 0 spiro atoms. The molecule has 0 aromatic carbocycles. The van der Waals surface area contributed by atoms with Crippen LogP contribution in [0.1, 0.15) is 66.2 Å². The van der Waals surface area contributed by atoms with E-state index in [4.69, 9.17) is 0 Å². The van der Waals surface area contributed by atoms with Crippen LogP contribution in [0.2, 0.25) is 0 Å². The molecular weight excluding hydrogens is 208 g/mol. The normalized spacial score (nSPS) is 39.5. The van der Waals surface area contributed by atoms with Crippen LogP contribution in [-0.4, -0.2) is 5.78 Å². The number of rotatable bonds is 3. The topological polar surface area (TPSA) is 17.1 Å². The van der Waals surface area contributed by atoms with Crippen molar-refractivity contribution in [2.45, 2.75) is 66.2 Å². The average Bonchev–Trinajstić information content (AvgIpc) is 2.55. The summed E-state index contributed by atoms with van der Waals surface area (Å²) in [5, 5.41) is 0. The third-order valence-electron chi connectivity index (χ3n) is 5.47. The third-order valence-corrected chi connectivity index (χ3v) is 5.47. The van der Waals surface area contributed by atoms with Crippen LogP contribution < -0.4 is 0 Å². The lowest BCUT2D eigenvalue weighted by molar-refractivity contribution is -0.130. The van der Waals surface area contributed by atoms with Crippen LogP contribution in [0.5, 0.6) is 0 Å². The third kappa shape index (κ3) is 2.30. The fourth-order valence-corrected chi connectivity index (χ4v) is 4.81. The lowest BCUT2D eigenvalue weighted by atomic mass is 9.61. The lowest BCUT2D eigenvalue weighted by Gasteiger charge is -2.42. The first-order valence-corrected chi connectivity index (χ1v) is 7.48. The van der Waals surface area contributed by atoms with E-state index in [1.165, 1.54) is 25.7 Å². The summed E-state index contributed by atoms with van der Waals surface area (Å²) in [5.41, 5.74) is 0.337. The maximum atomic E-state index is 12.1. The second-order valence-corrected chi connectivity index (χ2v) is 7.17. The van der Waals surface area contributed by atoms with Gasteiger partial charge in [-0.3, -0.25) is 4.79 Å². The van der Waals surface area contributed by atoms with Gasteiger partial charge in [0.2, 0.25) is 0 Å². The molecule has 0 aromatic rings. The van der Waals surface area contributed by atoms with Crippen LogP contribution in [0.15, 0.2) is 0 Å². The molecule has 2 fully saturated rings. The molecular formula is C16H28O. The molecule has 98 valence electrons. The van der Waals surface area contributed by atoms with Crippen LogP contribution in [0.4, 0.5) is 0 Å². The van der Waals surface area contributed by atoms with Gasteiger partial charge in [-0.1, -0.05) is 27.7 Å². The Bertz CT molecular complexity index is 294. The number of Topliss-reactive ketones (excluding diaryl/α,β-unsaturated/α-hetero) is 1. The van der Waals surface area contributed by atoms with E-state index < -0.39 is 0 Å². The highest BCUT2D eigenvalue weighted by molar-refractivity contribution is 5.83. The van der Waals surface area contributed by atoms with E-state index >= 15 is 0 Å². The van der Waals surface area contributed by atoms with Crippen molar-refractivity contribution >= 4 is 5.78 Å². The Kier molecular flexibility index (Phi) is 3.66. The van der Waals surface area contributed by atoms with E-state index in [1.54, 1.807) is 0 Å². The summed E-state index contributed by atoms with van der Waals surface area (Å²) >= 11 is 0. The minimum absolute atomic E-state index is 0.337. The van der Waals surface area contributed by atoms with Crippen molar-refractivity contribution in [1.29, 1.82) is 0 Å². The molecule has 0 bridgehead atoms. The Hall–Kier alpha value is -0.330. The van der Waals surface area contributed by atoms with Gasteiger partial charge in [-0.15, -0.1) is 0 Å².